The number of amides is 1. The molecular weight excluding hydrogens is 321 g/mol. The average Bonchev–Trinajstić information content (AvgIpc) is 2.62. The molecule has 0 spiro atoms. The lowest BCUT2D eigenvalue weighted by Gasteiger charge is -2.08. The van der Waals surface area contributed by atoms with Gasteiger partial charge in [0, 0.05) is 25.2 Å². The molecule has 6 heteroatoms. The summed E-state index contributed by atoms with van der Waals surface area (Å²) in [5.41, 5.74) is 6.33. The lowest BCUT2D eigenvalue weighted by atomic mass is 10.1. The molecule has 134 valence electrons. The number of nitrogens with two attached hydrogens (primary N) is 1. The van der Waals surface area contributed by atoms with Crippen molar-refractivity contribution in [3.05, 3.63) is 54.0 Å². The van der Waals surface area contributed by atoms with Gasteiger partial charge in [-0.15, -0.1) is 0 Å². The molecule has 1 heterocycles. The van der Waals surface area contributed by atoms with E-state index in [1.54, 1.807) is 12.3 Å². The van der Waals surface area contributed by atoms with E-state index in [9.17, 15) is 9.18 Å². The molecule has 0 saturated heterocycles. The summed E-state index contributed by atoms with van der Waals surface area (Å²) in [5, 5.41) is 2.89. The van der Waals surface area contributed by atoms with Crippen LogP contribution in [0.4, 0.5) is 4.39 Å². The molecule has 0 aliphatic carbocycles. The molecule has 25 heavy (non-hydrogen) atoms. The van der Waals surface area contributed by atoms with Gasteiger partial charge in [0.1, 0.15) is 11.6 Å². The highest BCUT2D eigenvalue weighted by molar-refractivity contribution is 5.75. The fourth-order valence-corrected chi connectivity index (χ4v) is 2.31. The summed E-state index contributed by atoms with van der Waals surface area (Å²) < 4.78 is 18.5. The van der Waals surface area contributed by atoms with Crippen molar-refractivity contribution >= 4 is 5.91 Å². The molecule has 3 N–H and O–H groups in total. The fraction of sp³-hybridized carbons (Fsp3) is 0.368. The van der Waals surface area contributed by atoms with Crippen LogP contribution in [0.2, 0.25) is 0 Å². The van der Waals surface area contributed by atoms with Crippen molar-refractivity contribution in [2.45, 2.75) is 38.6 Å². The van der Waals surface area contributed by atoms with E-state index < -0.39 is 0 Å². The molecule has 0 aliphatic rings. The van der Waals surface area contributed by atoms with Crippen molar-refractivity contribution in [1.29, 1.82) is 0 Å². The summed E-state index contributed by atoms with van der Waals surface area (Å²) in [7, 11) is 0. The van der Waals surface area contributed by atoms with Crippen LogP contribution in [-0.2, 0) is 11.3 Å². The average molecular weight is 345 g/mol. The highest BCUT2D eigenvalue weighted by Gasteiger charge is 2.04. The van der Waals surface area contributed by atoms with Crippen LogP contribution < -0.4 is 15.8 Å². The molecule has 0 unspecified atom stereocenters. The Morgan fingerprint density at radius 1 is 1.12 bits per heavy atom. The maximum Gasteiger partial charge on any atom is 0.220 e. The number of nitrogens with zero attached hydrogens (tertiary/aromatic N) is 1. The number of nitrogens with one attached hydrogen (secondary N) is 1. The predicted octanol–water partition coefficient (Wildman–Crippen LogP) is 3.54. The normalized spacial score (nSPS) is 10.5. The van der Waals surface area contributed by atoms with E-state index >= 15 is 0 Å². The number of pyridine rings is 1. The van der Waals surface area contributed by atoms with Crippen molar-refractivity contribution in [1.82, 2.24) is 10.3 Å². The molecule has 1 aromatic carbocycles. The third kappa shape index (κ3) is 7.30. The fourth-order valence-electron chi connectivity index (χ4n) is 2.31. The molecule has 2 rings (SSSR count). The van der Waals surface area contributed by atoms with Crippen LogP contribution in [0.1, 0.15) is 37.7 Å². The predicted molar refractivity (Wildman–Crippen MR) is 94.7 cm³/mol. The number of benzene rings is 1. The molecule has 0 saturated carbocycles. The summed E-state index contributed by atoms with van der Waals surface area (Å²) in [6.07, 6.45) is 6.12. The molecule has 0 aliphatic heterocycles. The summed E-state index contributed by atoms with van der Waals surface area (Å²) >= 11 is 0. The van der Waals surface area contributed by atoms with E-state index in [-0.39, 0.29) is 11.7 Å². The first-order valence-electron chi connectivity index (χ1n) is 8.52. The van der Waals surface area contributed by atoms with Gasteiger partial charge in [-0.2, -0.15) is 0 Å². The van der Waals surface area contributed by atoms with Crippen molar-refractivity contribution in [3.63, 3.8) is 0 Å². The standard InChI is InChI=1S/C19H24FN3O2/c20-16-6-8-17(9-7-16)25-19-13-15(10-12-22-19)14-23-18(24)5-3-1-2-4-11-21/h6-10,12-13H,1-5,11,14,21H2,(H,23,24). The Kier molecular flexibility index (Phi) is 7.85. The zero-order valence-corrected chi connectivity index (χ0v) is 14.2. The second-order valence-corrected chi connectivity index (χ2v) is 5.79. The summed E-state index contributed by atoms with van der Waals surface area (Å²) in [6.45, 7) is 1.13. The van der Waals surface area contributed by atoms with Gasteiger partial charge in [0.05, 0.1) is 0 Å². The molecule has 1 aromatic heterocycles. The SMILES string of the molecule is NCCCCCCC(=O)NCc1ccnc(Oc2ccc(F)cc2)c1. The van der Waals surface area contributed by atoms with Gasteiger partial charge in [-0.05, 0) is 55.3 Å². The van der Waals surface area contributed by atoms with E-state index in [1.165, 1.54) is 24.3 Å². The maximum atomic E-state index is 12.9. The second-order valence-electron chi connectivity index (χ2n) is 5.79. The molecule has 0 atom stereocenters. The minimum atomic E-state index is -0.320. The minimum absolute atomic E-state index is 0.0329. The molecule has 2 aromatic rings. The van der Waals surface area contributed by atoms with Crippen LogP contribution >= 0.6 is 0 Å². The third-order valence-electron chi connectivity index (χ3n) is 3.68. The molecular formula is C19H24FN3O2. The van der Waals surface area contributed by atoms with Gasteiger partial charge in [0.2, 0.25) is 11.8 Å². The number of hydrogen-bond acceptors (Lipinski definition) is 4. The van der Waals surface area contributed by atoms with Crippen molar-refractivity contribution in [2.24, 2.45) is 5.73 Å². The van der Waals surface area contributed by atoms with Gasteiger partial charge in [-0.1, -0.05) is 12.8 Å². The highest BCUT2D eigenvalue weighted by atomic mass is 19.1. The number of ether oxygens (including phenoxy) is 1. The molecule has 0 radical (unpaired) electrons. The van der Waals surface area contributed by atoms with E-state index in [0.717, 1.165) is 31.2 Å². The number of carbonyl (C=O) groups excluding carboxylic acids is 1. The first kappa shape index (κ1) is 18.9. The summed E-state index contributed by atoms with van der Waals surface area (Å²) in [5.74, 6) is 0.623. The lowest BCUT2D eigenvalue weighted by Crippen LogP contribution is -2.22. The van der Waals surface area contributed by atoms with Crippen LogP contribution in [0.25, 0.3) is 0 Å². The van der Waals surface area contributed by atoms with Crippen molar-refractivity contribution in [3.8, 4) is 11.6 Å². The Labute approximate surface area is 147 Å². The third-order valence-corrected chi connectivity index (χ3v) is 3.68. The van der Waals surface area contributed by atoms with Crippen LogP contribution in [0.15, 0.2) is 42.6 Å². The quantitative estimate of drug-likeness (QED) is 0.646. The van der Waals surface area contributed by atoms with E-state index in [0.29, 0.717) is 31.1 Å². The Morgan fingerprint density at radius 2 is 1.88 bits per heavy atom. The van der Waals surface area contributed by atoms with Crippen molar-refractivity contribution in [2.75, 3.05) is 6.54 Å². The number of carbonyl (C=O) groups is 1. The largest absolute Gasteiger partial charge is 0.439 e. The minimum Gasteiger partial charge on any atom is -0.439 e. The van der Waals surface area contributed by atoms with E-state index in [4.69, 9.17) is 10.5 Å². The van der Waals surface area contributed by atoms with Gasteiger partial charge in [0.25, 0.3) is 0 Å². The van der Waals surface area contributed by atoms with Gasteiger partial charge in [-0.3, -0.25) is 4.79 Å². The Bertz CT molecular complexity index is 662. The van der Waals surface area contributed by atoms with E-state index in [1.807, 2.05) is 6.07 Å². The number of halogens is 1. The monoisotopic (exact) mass is 345 g/mol. The molecule has 1 amide bonds. The first-order valence-corrected chi connectivity index (χ1v) is 8.52. The topological polar surface area (TPSA) is 77.2 Å². The van der Waals surface area contributed by atoms with Crippen LogP contribution in [0.5, 0.6) is 11.6 Å². The van der Waals surface area contributed by atoms with Crippen LogP contribution in [0.3, 0.4) is 0 Å². The van der Waals surface area contributed by atoms with Gasteiger partial charge in [-0.25, -0.2) is 9.37 Å². The van der Waals surface area contributed by atoms with Gasteiger partial charge in [0.15, 0.2) is 0 Å². The Balaban J connectivity index is 1.77. The van der Waals surface area contributed by atoms with Gasteiger partial charge < -0.3 is 15.8 Å². The van der Waals surface area contributed by atoms with E-state index in [2.05, 4.69) is 10.3 Å². The Morgan fingerprint density at radius 3 is 2.64 bits per heavy atom. The lowest BCUT2D eigenvalue weighted by molar-refractivity contribution is -0.121. The maximum absolute atomic E-state index is 12.9. The smallest absolute Gasteiger partial charge is 0.220 e. The molecule has 5 nitrogen and oxygen atoms in total. The van der Waals surface area contributed by atoms with Crippen molar-refractivity contribution < 1.29 is 13.9 Å². The summed E-state index contributed by atoms with van der Waals surface area (Å²) in [6, 6.07) is 9.30. The zero-order valence-electron chi connectivity index (χ0n) is 14.2. The number of unbranched alkanes of at least 4 members (excludes halogenated alkanes) is 3. The highest BCUT2D eigenvalue weighted by Crippen LogP contribution is 2.20. The molecule has 0 bridgehead atoms. The Hall–Kier alpha value is -2.47. The zero-order chi connectivity index (χ0) is 17.9. The number of hydrogen-bond donors (Lipinski definition) is 2. The number of aromatic nitrogens is 1. The van der Waals surface area contributed by atoms with Gasteiger partial charge >= 0.3 is 0 Å². The second kappa shape index (κ2) is 10.4. The van der Waals surface area contributed by atoms with Crippen LogP contribution in [0, 0.1) is 5.82 Å². The van der Waals surface area contributed by atoms with Crippen LogP contribution in [-0.4, -0.2) is 17.4 Å². The number of rotatable bonds is 10. The molecule has 0 fully saturated rings. The first-order chi connectivity index (χ1) is 12.2. The summed E-state index contributed by atoms with van der Waals surface area (Å²) in [4.78, 5) is 16.0.